The van der Waals surface area contributed by atoms with Gasteiger partial charge in [-0.2, -0.15) is 0 Å². The lowest BCUT2D eigenvalue weighted by Gasteiger charge is -2.18. The molecule has 36 heavy (non-hydrogen) atoms. The molecule has 4 heteroatoms. The molecule has 0 saturated carbocycles. The van der Waals surface area contributed by atoms with Crippen LogP contribution in [0, 0.1) is 0 Å². The Hall–Kier alpha value is -4.96. The summed E-state index contributed by atoms with van der Waals surface area (Å²) in [6, 6.07) is 30.4. The molecule has 0 amide bonds. The molecule has 1 aliphatic rings. The zero-order valence-corrected chi connectivity index (χ0v) is 18.9. The van der Waals surface area contributed by atoms with Gasteiger partial charge < -0.3 is 8.83 Å². The van der Waals surface area contributed by atoms with Crippen LogP contribution in [0.2, 0.25) is 0 Å². The molecule has 0 unspecified atom stereocenters. The Morgan fingerprint density at radius 3 is 1.56 bits per heavy atom. The fourth-order valence-corrected chi connectivity index (χ4v) is 5.55. The summed E-state index contributed by atoms with van der Waals surface area (Å²) in [6.07, 6.45) is 0. The number of hydrogen-bond donors (Lipinski definition) is 0. The first kappa shape index (κ1) is 19.4. The van der Waals surface area contributed by atoms with Gasteiger partial charge in [-0.1, -0.05) is 66.7 Å². The molecule has 168 valence electrons. The molecule has 0 aliphatic heterocycles. The maximum atomic E-state index is 13.4. The van der Waals surface area contributed by atoms with Gasteiger partial charge in [-0.25, -0.2) is 0 Å². The molecule has 0 N–H and O–H groups in total. The van der Waals surface area contributed by atoms with Gasteiger partial charge >= 0.3 is 0 Å². The van der Waals surface area contributed by atoms with E-state index in [4.69, 9.17) is 8.83 Å². The number of para-hydroxylation sites is 2. The van der Waals surface area contributed by atoms with Crippen molar-refractivity contribution in [2.75, 3.05) is 0 Å². The lowest BCUT2D eigenvalue weighted by Crippen LogP contribution is -2.20. The van der Waals surface area contributed by atoms with Gasteiger partial charge in [0, 0.05) is 43.8 Å². The number of ketones is 2. The van der Waals surface area contributed by atoms with Gasteiger partial charge in [-0.05, 0) is 35.9 Å². The zero-order valence-electron chi connectivity index (χ0n) is 18.9. The summed E-state index contributed by atoms with van der Waals surface area (Å²) in [5.41, 5.74) is 6.18. The fraction of sp³-hybridized carbons (Fsp3) is 0. The van der Waals surface area contributed by atoms with E-state index in [1.165, 1.54) is 0 Å². The van der Waals surface area contributed by atoms with E-state index in [0.29, 0.717) is 33.4 Å². The molecular formula is C32H16O4. The third-order valence-corrected chi connectivity index (χ3v) is 7.22. The fourth-order valence-electron chi connectivity index (χ4n) is 5.55. The minimum Gasteiger partial charge on any atom is -0.455 e. The molecule has 1 aliphatic carbocycles. The summed E-state index contributed by atoms with van der Waals surface area (Å²) in [5.74, 6) is -0.290. The van der Waals surface area contributed by atoms with Gasteiger partial charge in [0.1, 0.15) is 22.3 Å². The van der Waals surface area contributed by atoms with Crippen LogP contribution in [0.15, 0.2) is 106 Å². The van der Waals surface area contributed by atoms with Crippen molar-refractivity contribution in [3.63, 3.8) is 0 Å². The van der Waals surface area contributed by atoms with Gasteiger partial charge in [0.15, 0.2) is 11.6 Å². The smallest absolute Gasteiger partial charge is 0.194 e. The van der Waals surface area contributed by atoms with Crippen molar-refractivity contribution >= 4 is 55.4 Å². The van der Waals surface area contributed by atoms with E-state index in [1.807, 2.05) is 54.6 Å². The number of hydrogen-bond acceptors (Lipinski definition) is 4. The van der Waals surface area contributed by atoms with Crippen molar-refractivity contribution in [1.29, 1.82) is 0 Å². The van der Waals surface area contributed by atoms with E-state index in [-0.39, 0.29) is 11.6 Å². The van der Waals surface area contributed by atoms with Crippen LogP contribution in [0.4, 0.5) is 0 Å². The zero-order chi connectivity index (χ0) is 24.0. The summed E-state index contributed by atoms with van der Waals surface area (Å²) in [6.45, 7) is 0. The molecule has 0 saturated heterocycles. The molecule has 4 nitrogen and oxygen atoms in total. The second-order valence-corrected chi connectivity index (χ2v) is 9.17. The maximum Gasteiger partial charge on any atom is 0.194 e. The lowest BCUT2D eigenvalue weighted by molar-refractivity contribution is 0.0979. The van der Waals surface area contributed by atoms with Gasteiger partial charge in [-0.15, -0.1) is 0 Å². The minimum absolute atomic E-state index is 0.137. The molecule has 0 radical (unpaired) electrons. The largest absolute Gasteiger partial charge is 0.455 e. The van der Waals surface area contributed by atoms with Crippen molar-refractivity contribution in [3.8, 4) is 11.1 Å². The normalized spacial score (nSPS) is 13.1. The summed E-state index contributed by atoms with van der Waals surface area (Å²) < 4.78 is 12.8. The lowest BCUT2D eigenvalue weighted by atomic mass is 9.82. The Morgan fingerprint density at radius 2 is 0.944 bits per heavy atom. The van der Waals surface area contributed by atoms with E-state index < -0.39 is 0 Å². The van der Waals surface area contributed by atoms with Crippen LogP contribution >= 0.6 is 0 Å². The number of furan rings is 2. The number of benzene rings is 5. The van der Waals surface area contributed by atoms with E-state index in [2.05, 4.69) is 6.07 Å². The SMILES string of the molecule is O=C1c2ccccc2C(=O)c2cc(-c3c4oc5ccccc5c4cc4c3oc3ccccc34)ccc21. The third-order valence-electron chi connectivity index (χ3n) is 7.22. The summed E-state index contributed by atoms with van der Waals surface area (Å²) in [5, 5.41) is 3.98. The highest BCUT2D eigenvalue weighted by Gasteiger charge is 2.30. The molecule has 5 aromatic carbocycles. The van der Waals surface area contributed by atoms with E-state index >= 15 is 0 Å². The number of rotatable bonds is 1. The summed E-state index contributed by atoms with van der Waals surface area (Å²) >= 11 is 0. The first-order valence-corrected chi connectivity index (χ1v) is 11.8. The number of carbonyl (C=O) groups excluding carboxylic acids is 2. The Labute approximate surface area is 204 Å². The van der Waals surface area contributed by atoms with Crippen LogP contribution in [0.25, 0.3) is 55.0 Å². The monoisotopic (exact) mass is 464 g/mol. The molecule has 0 spiro atoms. The minimum atomic E-state index is -0.153. The van der Waals surface area contributed by atoms with Crippen molar-refractivity contribution in [2.45, 2.75) is 0 Å². The third kappa shape index (κ3) is 2.42. The van der Waals surface area contributed by atoms with Crippen molar-refractivity contribution in [3.05, 3.63) is 119 Å². The predicted octanol–water partition coefficient (Wildman–Crippen LogP) is 7.93. The van der Waals surface area contributed by atoms with Crippen LogP contribution in [0.3, 0.4) is 0 Å². The van der Waals surface area contributed by atoms with Gasteiger partial charge in [-0.3, -0.25) is 9.59 Å². The topological polar surface area (TPSA) is 60.4 Å². The van der Waals surface area contributed by atoms with Gasteiger partial charge in [0.2, 0.25) is 0 Å². The highest BCUT2D eigenvalue weighted by Crippen LogP contribution is 2.45. The van der Waals surface area contributed by atoms with Crippen LogP contribution in [-0.2, 0) is 0 Å². The van der Waals surface area contributed by atoms with E-state index in [0.717, 1.165) is 43.8 Å². The number of carbonyl (C=O) groups is 2. The maximum absolute atomic E-state index is 13.4. The standard InChI is InChI=1S/C32H16O4/c33-29-20-9-1-2-10-21(20)30(34)23-15-17(13-14-22(23)29)28-31-24(18-7-3-5-11-26(18)35-31)16-25-19-8-4-6-12-27(19)36-32(25)28/h1-16H. The molecule has 7 aromatic rings. The Morgan fingerprint density at radius 1 is 0.444 bits per heavy atom. The quantitative estimate of drug-likeness (QED) is 0.247. The molecule has 8 rings (SSSR count). The second-order valence-electron chi connectivity index (χ2n) is 9.17. The highest BCUT2D eigenvalue weighted by atomic mass is 16.3. The van der Waals surface area contributed by atoms with Crippen LogP contribution in [0.5, 0.6) is 0 Å². The van der Waals surface area contributed by atoms with Gasteiger partial charge in [0.25, 0.3) is 0 Å². The van der Waals surface area contributed by atoms with Crippen LogP contribution < -0.4 is 0 Å². The molecule has 0 fully saturated rings. The average Bonchev–Trinajstić information content (AvgIpc) is 3.48. The molecule has 0 atom stereocenters. The second kappa shape index (κ2) is 6.80. The van der Waals surface area contributed by atoms with Crippen molar-refractivity contribution in [1.82, 2.24) is 0 Å². The highest BCUT2D eigenvalue weighted by molar-refractivity contribution is 6.29. The Bertz CT molecular complexity index is 2000. The molecule has 2 aromatic heterocycles. The van der Waals surface area contributed by atoms with Crippen LogP contribution in [0.1, 0.15) is 31.8 Å². The van der Waals surface area contributed by atoms with Crippen molar-refractivity contribution in [2.24, 2.45) is 0 Å². The molecular weight excluding hydrogens is 448 g/mol. The molecule has 2 heterocycles. The van der Waals surface area contributed by atoms with Crippen LogP contribution in [-0.4, -0.2) is 11.6 Å². The first-order chi connectivity index (χ1) is 17.7. The first-order valence-electron chi connectivity index (χ1n) is 11.8. The van der Waals surface area contributed by atoms with Gasteiger partial charge in [0.05, 0.1) is 5.56 Å². The van der Waals surface area contributed by atoms with E-state index in [1.54, 1.807) is 36.4 Å². The number of fused-ring (bicyclic) bond motifs is 8. The van der Waals surface area contributed by atoms with Crippen molar-refractivity contribution < 1.29 is 18.4 Å². The average molecular weight is 464 g/mol. The Balaban J connectivity index is 1.49. The Kier molecular flexibility index (Phi) is 3.66. The predicted molar refractivity (Wildman–Crippen MR) is 140 cm³/mol. The summed E-state index contributed by atoms with van der Waals surface area (Å²) in [7, 11) is 0. The summed E-state index contributed by atoms with van der Waals surface area (Å²) in [4.78, 5) is 26.6. The molecule has 0 bridgehead atoms. The van der Waals surface area contributed by atoms with E-state index in [9.17, 15) is 9.59 Å².